The fourth-order valence-corrected chi connectivity index (χ4v) is 3.61. The molecule has 1 N–H and O–H groups in total. The van der Waals surface area contributed by atoms with Gasteiger partial charge in [-0.15, -0.1) is 0 Å². The van der Waals surface area contributed by atoms with Crippen LogP contribution in [0.25, 0.3) is 0 Å². The van der Waals surface area contributed by atoms with E-state index in [0.717, 1.165) is 6.42 Å². The quantitative estimate of drug-likeness (QED) is 0.887. The zero-order valence-corrected chi connectivity index (χ0v) is 10.5. The van der Waals surface area contributed by atoms with E-state index in [2.05, 4.69) is 5.32 Å². The summed E-state index contributed by atoms with van der Waals surface area (Å²) < 4.78 is 31.3. The van der Waals surface area contributed by atoms with Crippen molar-refractivity contribution < 1.29 is 13.3 Å². The Morgan fingerprint density at radius 1 is 1.47 bits per heavy atom. The third-order valence-corrected chi connectivity index (χ3v) is 4.78. The monoisotopic (exact) mass is 257 g/mol. The number of nitrogens with one attached hydrogen (secondary N) is 1. The van der Waals surface area contributed by atoms with Gasteiger partial charge in [0.05, 0.1) is 27.6 Å². The third-order valence-electron chi connectivity index (χ3n) is 3.00. The number of hydrogen-bond acceptors (Lipinski definition) is 3. The molecule has 2 rings (SSSR count). The highest BCUT2D eigenvalue weighted by molar-refractivity contribution is 7.85. The zero-order valence-electron chi connectivity index (χ0n) is 9.69. The van der Waals surface area contributed by atoms with E-state index < -0.39 is 16.6 Å². The summed E-state index contributed by atoms with van der Waals surface area (Å²) in [5.41, 5.74) is 0. The van der Waals surface area contributed by atoms with E-state index in [1.54, 1.807) is 18.2 Å². The molecular formula is C12H16FNO2S. The van der Waals surface area contributed by atoms with E-state index >= 15 is 0 Å². The molecule has 17 heavy (non-hydrogen) atoms. The molecule has 0 amide bonds. The van der Waals surface area contributed by atoms with E-state index in [-0.39, 0.29) is 16.2 Å². The second kappa shape index (κ2) is 5.71. The first-order valence-electron chi connectivity index (χ1n) is 5.64. The Bertz CT molecular complexity index is 413. The number of benzene rings is 1. The summed E-state index contributed by atoms with van der Waals surface area (Å²) in [6, 6.07) is 6.33. The van der Waals surface area contributed by atoms with Crippen LogP contribution in [0.4, 0.5) is 4.39 Å². The standard InChI is InChI=1S/C12H16FNO2S/c1-14-10-6-7-16-8-12(10)17(15)11-5-3-2-4-9(11)13/h2-5,10,12,14H,6-8H2,1H3. The van der Waals surface area contributed by atoms with Gasteiger partial charge in [0.1, 0.15) is 5.82 Å². The van der Waals surface area contributed by atoms with Crippen molar-refractivity contribution in [2.75, 3.05) is 20.3 Å². The SMILES string of the molecule is CNC1CCOCC1S(=O)c1ccccc1F. The average molecular weight is 257 g/mol. The summed E-state index contributed by atoms with van der Waals surface area (Å²) in [6.07, 6.45) is 0.807. The molecule has 0 aliphatic carbocycles. The molecule has 1 saturated heterocycles. The minimum Gasteiger partial charge on any atom is -0.380 e. The van der Waals surface area contributed by atoms with Crippen molar-refractivity contribution >= 4 is 10.8 Å². The van der Waals surface area contributed by atoms with Crippen molar-refractivity contribution in [2.45, 2.75) is 22.6 Å². The van der Waals surface area contributed by atoms with Crippen LogP contribution >= 0.6 is 0 Å². The van der Waals surface area contributed by atoms with E-state index in [4.69, 9.17) is 4.74 Å². The van der Waals surface area contributed by atoms with Gasteiger partial charge in [-0.3, -0.25) is 4.21 Å². The molecule has 0 radical (unpaired) electrons. The molecular weight excluding hydrogens is 241 g/mol. The molecule has 1 aromatic rings. The predicted octanol–water partition coefficient (Wildman–Crippen LogP) is 1.31. The molecule has 3 unspecified atom stereocenters. The van der Waals surface area contributed by atoms with Crippen molar-refractivity contribution in [3.63, 3.8) is 0 Å². The Morgan fingerprint density at radius 2 is 2.24 bits per heavy atom. The van der Waals surface area contributed by atoms with Crippen LogP contribution in [0.3, 0.4) is 0 Å². The van der Waals surface area contributed by atoms with Crippen molar-refractivity contribution in [2.24, 2.45) is 0 Å². The highest BCUT2D eigenvalue weighted by Gasteiger charge is 2.31. The molecule has 1 aliphatic heterocycles. The topological polar surface area (TPSA) is 38.3 Å². The molecule has 94 valence electrons. The minimum absolute atomic E-state index is 0.115. The van der Waals surface area contributed by atoms with Gasteiger partial charge >= 0.3 is 0 Å². The fraction of sp³-hybridized carbons (Fsp3) is 0.500. The van der Waals surface area contributed by atoms with Gasteiger partial charge < -0.3 is 10.1 Å². The highest BCUT2D eigenvalue weighted by atomic mass is 32.2. The second-order valence-electron chi connectivity index (χ2n) is 4.03. The Labute approximate surface area is 103 Å². The Balaban J connectivity index is 2.21. The lowest BCUT2D eigenvalue weighted by atomic mass is 10.1. The second-order valence-corrected chi connectivity index (χ2v) is 5.67. The van der Waals surface area contributed by atoms with Crippen molar-refractivity contribution in [3.05, 3.63) is 30.1 Å². The van der Waals surface area contributed by atoms with Gasteiger partial charge in [-0.1, -0.05) is 12.1 Å². The molecule has 1 heterocycles. The summed E-state index contributed by atoms with van der Waals surface area (Å²) in [5.74, 6) is -0.411. The third kappa shape index (κ3) is 2.73. The minimum atomic E-state index is -1.37. The van der Waals surface area contributed by atoms with Crippen LogP contribution in [0.1, 0.15) is 6.42 Å². The van der Waals surface area contributed by atoms with Gasteiger partial charge in [-0.2, -0.15) is 0 Å². The van der Waals surface area contributed by atoms with Crippen LogP contribution in [-0.2, 0) is 15.5 Å². The first-order chi connectivity index (χ1) is 8.24. The van der Waals surface area contributed by atoms with E-state index in [9.17, 15) is 8.60 Å². The number of rotatable bonds is 3. The molecule has 1 aromatic carbocycles. The average Bonchev–Trinajstić information content (AvgIpc) is 2.38. The number of halogens is 1. The fourth-order valence-electron chi connectivity index (χ4n) is 2.02. The number of hydrogen-bond donors (Lipinski definition) is 1. The lowest BCUT2D eigenvalue weighted by Crippen LogP contribution is -2.47. The molecule has 0 bridgehead atoms. The van der Waals surface area contributed by atoms with Crippen LogP contribution in [0.15, 0.2) is 29.2 Å². The molecule has 0 spiro atoms. The maximum atomic E-state index is 13.6. The molecule has 1 aliphatic rings. The molecule has 3 nitrogen and oxygen atoms in total. The number of ether oxygens (including phenoxy) is 1. The van der Waals surface area contributed by atoms with Gasteiger partial charge in [0.2, 0.25) is 0 Å². The van der Waals surface area contributed by atoms with Crippen LogP contribution in [0, 0.1) is 5.82 Å². The largest absolute Gasteiger partial charge is 0.380 e. The zero-order chi connectivity index (χ0) is 12.3. The Hall–Kier alpha value is -0.780. The first kappa shape index (κ1) is 12.7. The summed E-state index contributed by atoms with van der Waals surface area (Å²) in [6.45, 7) is 1.07. The predicted molar refractivity (Wildman–Crippen MR) is 64.9 cm³/mol. The summed E-state index contributed by atoms with van der Waals surface area (Å²) in [5, 5.41) is 2.94. The smallest absolute Gasteiger partial charge is 0.139 e. The van der Waals surface area contributed by atoms with Crippen molar-refractivity contribution in [1.82, 2.24) is 5.32 Å². The molecule has 1 fully saturated rings. The molecule has 5 heteroatoms. The molecule has 3 atom stereocenters. The normalized spacial score (nSPS) is 26.7. The van der Waals surface area contributed by atoms with Crippen molar-refractivity contribution in [3.8, 4) is 0 Å². The van der Waals surface area contributed by atoms with Crippen LogP contribution in [0.2, 0.25) is 0 Å². The molecule has 0 saturated carbocycles. The summed E-state index contributed by atoms with van der Waals surface area (Å²) in [4.78, 5) is 0.267. The van der Waals surface area contributed by atoms with Gasteiger partial charge in [-0.05, 0) is 25.6 Å². The van der Waals surface area contributed by atoms with Crippen LogP contribution in [0.5, 0.6) is 0 Å². The lowest BCUT2D eigenvalue weighted by molar-refractivity contribution is 0.0838. The maximum Gasteiger partial charge on any atom is 0.139 e. The van der Waals surface area contributed by atoms with E-state index in [1.807, 2.05) is 7.05 Å². The van der Waals surface area contributed by atoms with Gasteiger partial charge in [0.15, 0.2) is 0 Å². The molecule has 0 aromatic heterocycles. The van der Waals surface area contributed by atoms with Gasteiger partial charge in [0.25, 0.3) is 0 Å². The van der Waals surface area contributed by atoms with E-state index in [0.29, 0.717) is 13.2 Å². The van der Waals surface area contributed by atoms with Gasteiger partial charge in [-0.25, -0.2) is 4.39 Å². The van der Waals surface area contributed by atoms with Crippen LogP contribution in [-0.4, -0.2) is 35.8 Å². The Morgan fingerprint density at radius 3 is 2.94 bits per heavy atom. The summed E-state index contributed by atoms with van der Waals surface area (Å²) in [7, 11) is 0.461. The highest BCUT2D eigenvalue weighted by Crippen LogP contribution is 2.21. The van der Waals surface area contributed by atoms with Gasteiger partial charge in [0, 0.05) is 12.6 Å². The van der Waals surface area contributed by atoms with E-state index in [1.165, 1.54) is 6.07 Å². The van der Waals surface area contributed by atoms with Crippen LogP contribution < -0.4 is 5.32 Å². The lowest BCUT2D eigenvalue weighted by Gasteiger charge is -2.30. The maximum absolute atomic E-state index is 13.6. The first-order valence-corrected chi connectivity index (χ1v) is 6.85. The van der Waals surface area contributed by atoms with Crippen molar-refractivity contribution in [1.29, 1.82) is 0 Å². The summed E-state index contributed by atoms with van der Waals surface area (Å²) >= 11 is 0. The Kier molecular flexibility index (Phi) is 4.25.